The van der Waals surface area contributed by atoms with E-state index in [0.29, 0.717) is 10.6 Å². The number of hydrogen-bond donors (Lipinski definition) is 0. The molecule has 6 rings (SSSR count). The average Bonchev–Trinajstić information content (AvgIpc) is 2.99. The molecule has 4 bridgehead atoms. The zero-order chi connectivity index (χ0) is 18.8. The van der Waals surface area contributed by atoms with Crippen molar-refractivity contribution in [2.45, 2.75) is 54.8 Å². The summed E-state index contributed by atoms with van der Waals surface area (Å²) in [5.41, 5.74) is 0.739. The van der Waals surface area contributed by atoms with E-state index in [1.165, 1.54) is 19.3 Å². The molecule has 4 aliphatic rings. The predicted octanol–water partition coefficient (Wildman–Crippen LogP) is 3.91. The maximum absolute atomic E-state index is 13.0. The maximum atomic E-state index is 13.0. The van der Waals surface area contributed by atoms with E-state index < -0.39 is 9.84 Å². The first-order valence-electron chi connectivity index (χ1n) is 9.72. The fourth-order valence-corrected chi connectivity index (χ4v) is 7.85. The Morgan fingerprint density at radius 3 is 2.15 bits per heavy atom. The van der Waals surface area contributed by atoms with E-state index in [4.69, 9.17) is 11.6 Å². The third-order valence-electron chi connectivity index (χ3n) is 6.90. The van der Waals surface area contributed by atoms with Gasteiger partial charge in [-0.05, 0) is 74.0 Å². The molecule has 0 spiro atoms. The summed E-state index contributed by atoms with van der Waals surface area (Å²) in [5.74, 6) is 3.14. The molecule has 2 aromatic rings. The van der Waals surface area contributed by atoms with Crippen molar-refractivity contribution in [3.63, 3.8) is 0 Å². The lowest BCUT2D eigenvalue weighted by atomic mass is 9.49. The van der Waals surface area contributed by atoms with Crippen molar-refractivity contribution in [3.8, 4) is 0 Å². The monoisotopic (exact) mass is 405 g/mol. The molecule has 0 atom stereocenters. The van der Waals surface area contributed by atoms with Crippen LogP contribution in [0.4, 0.5) is 0 Å². The Balaban J connectivity index is 1.47. The zero-order valence-electron chi connectivity index (χ0n) is 15.4. The number of hydrogen-bond acceptors (Lipinski definition) is 4. The summed E-state index contributed by atoms with van der Waals surface area (Å²) in [7, 11) is -1.74. The molecule has 1 heterocycles. The molecular weight excluding hydrogens is 382 g/mol. The lowest BCUT2D eigenvalue weighted by Gasteiger charge is -2.56. The fourth-order valence-electron chi connectivity index (χ4n) is 6.30. The Labute approximate surface area is 165 Å². The van der Waals surface area contributed by atoms with Crippen LogP contribution in [-0.4, -0.2) is 23.2 Å². The van der Waals surface area contributed by atoms with E-state index in [0.717, 1.165) is 42.8 Å². The lowest BCUT2D eigenvalue weighted by molar-refractivity contribution is -0.0109. The molecule has 5 nitrogen and oxygen atoms in total. The first-order valence-corrected chi connectivity index (χ1v) is 11.7. The lowest BCUT2D eigenvalue weighted by Crippen LogP contribution is -2.49. The molecule has 0 aliphatic heterocycles. The summed E-state index contributed by atoms with van der Waals surface area (Å²) >= 11 is 5.90. The molecule has 144 valence electrons. The van der Waals surface area contributed by atoms with Gasteiger partial charge in [0.05, 0.1) is 5.75 Å². The Bertz CT molecular complexity index is 946. The van der Waals surface area contributed by atoms with E-state index in [-0.39, 0.29) is 16.3 Å². The first-order chi connectivity index (χ1) is 12.8. The molecule has 0 N–H and O–H groups in total. The van der Waals surface area contributed by atoms with Crippen LogP contribution in [0.3, 0.4) is 0 Å². The van der Waals surface area contributed by atoms with Gasteiger partial charge in [-0.15, -0.1) is 10.2 Å². The molecule has 0 unspecified atom stereocenters. The van der Waals surface area contributed by atoms with Gasteiger partial charge in [-0.2, -0.15) is 0 Å². The number of nitrogens with zero attached hydrogens (tertiary/aromatic N) is 3. The largest absolute Gasteiger partial charge is 0.305 e. The number of rotatable bonds is 4. The van der Waals surface area contributed by atoms with E-state index in [2.05, 4.69) is 10.2 Å². The number of aromatic nitrogens is 3. The average molecular weight is 406 g/mol. The standard InChI is InChI=1S/C20H24ClN3O2S/c1-24-18(20-9-14-6-15(10-20)8-16(7-14)11-20)22-23-19(24)27(25,26)12-13-2-4-17(21)5-3-13/h2-5,14-16H,6-12H2,1H3. The van der Waals surface area contributed by atoms with Crippen molar-refractivity contribution in [2.24, 2.45) is 24.8 Å². The Kier molecular flexibility index (Phi) is 3.96. The normalized spacial score (nSPS) is 32.1. The van der Waals surface area contributed by atoms with Gasteiger partial charge in [0.2, 0.25) is 15.0 Å². The molecule has 4 aliphatic carbocycles. The second kappa shape index (κ2) is 6.05. The highest BCUT2D eigenvalue weighted by molar-refractivity contribution is 7.90. The van der Waals surface area contributed by atoms with Gasteiger partial charge in [-0.1, -0.05) is 23.7 Å². The second-order valence-electron chi connectivity index (χ2n) is 8.95. The number of sulfone groups is 1. The molecule has 0 saturated heterocycles. The third-order valence-corrected chi connectivity index (χ3v) is 8.77. The van der Waals surface area contributed by atoms with Gasteiger partial charge in [0.1, 0.15) is 5.82 Å². The summed E-state index contributed by atoms with van der Waals surface area (Å²) in [4.78, 5) is 0. The molecule has 0 radical (unpaired) electrons. The molecule has 0 amide bonds. The molecule has 4 fully saturated rings. The summed E-state index contributed by atoms with van der Waals surface area (Å²) in [6.45, 7) is 0. The minimum atomic E-state index is -3.56. The Morgan fingerprint density at radius 1 is 1.04 bits per heavy atom. The molecule has 1 aromatic heterocycles. The van der Waals surface area contributed by atoms with Crippen molar-refractivity contribution in [1.29, 1.82) is 0 Å². The molecule has 27 heavy (non-hydrogen) atoms. The quantitative estimate of drug-likeness (QED) is 0.773. The van der Waals surface area contributed by atoms with Crippen LogP contribution in [0.2, 0.25) is 5.02 Å². The minimum Gasteiger partial charge on any atom is -0.305 e. The topological polar surface area (TPSA) is 64.8 Å². The minimum absolute atomic E-state index is 0.0323. The van der Waals surface area contributed by atoms with Crippen molar-refractivity contribution >= 4 is 21.4 Å². The van der Waals surface area contributed by atoms with Gasteiger partial charge in [0, 0.05) is 17.5 Å². The van der Waals surface area contributed by atoms with Gasteiger partial charge in [-0.3, -0.25) is 0 Å². The van der Waals surface area contributed by atoms with Crippen molar-refractivity contribution in [1.82, 2.24) is 14.8 Å². The maximum Gasteiger partial charge on any atom is 0.249 e. The molecule has 4 saturated carbocycles. The first kappa shape index (κ1) is 17.7. The van der Waals surface area contributed by atoms with Gasteiger partial charge in [0.25, 0.3) is 0 Å². The highest BCUT2D eigenvalue weighted by Crippen LogP contribution is 2.60. The number of halogens is 1. The van der Waals surface area contributed by atoms with Crippen molar-refractivity contribution in [3.05, 3.63) is 40.7 Å². The molecule has 7 heteroatoms. The SMILES string of the molecule is Cn1c(C23CC4CC(CC(C4)C2)C3)nnc1S(=O)(=O)Cc1ccc(Cl)cc1. The van der Waals surface area contributed by atoms with Crippen LogP contribution in [-0.2, 0) is 28.1 Å². The van der Waals surface area contributed by atoms with Gasteiger partial charge < -0.3 is 4.57 Å². The Hall–Kier alpha value is -1.40. The summed E-state index contributed by atoms with van der Waals surface area (Å²) in [6.07, 6.45) is 7.46. The van der Waals surface area contributed by atoms with Crippen molar-refractivity contribution < 1.29 is 8.42 Å². The van der Waals surface area contributed by atoms with Crippen LogP contribution in [0, 0.1) is 17.8 Å². The highest BCUT2D eigenvalue weighted by atomic mass is 35.5. The van der Waals surface area contributed by atoms with Gasteiger partial charge in [-0.25, -0.2) is 8.42 Å². The Morgan fingerprint density at radius 2 is 1.59 bits per heavy atom. The van der Waals surface area contributed by atoms with Crippen LogP contribution in [0.1, 0.15) is 49.9 Å². The van der Waals surface area contributed by atoms with Crippen LogP contribution in [0.5, 0.6) is 0 Å². The summed E-state index contributed by atoms with van der Waals surface area (Å²) in [6, 6.07) is 6.92. The molecular formula is C20H24ClN3O2S. The van der Waals surface area contributed by atoms with E-state index in [1.54, 1.807) is 28.8 Å². The van der Waals surface area contributed by atoms with Crippen LogP contribution in [0.15, 0.2) is 29.4 Å². The van der Waals surface area contributed by atoms with Gasteiger partial charge in [0.15, 0.2) is 0 Å². The third kappa shape index (κ3) is 2.92. The number of benzene rings is 1. The van der Waals surface area contributed by atoms with Crippen LogP contribution >= 0.6 is 11.6 Å². The fraction of sp³-hybridized carbons (Fsp3) is 0.600. The highest BCUT2D eigenvalue weighted by Gasteiger charge is 2.54. The smallest absolute Gasteiger partial charge is 0.249 e. The van der Waals surface area contributed by atoms with Crippen molar-refractivity contribution in [2.75, 3.05) is 0 Å². The van der Waals surface area contributed by atoms with E-state index in [1.807, 2.05) is 7.05 Å². The summed E-state index contributed by atoms with van der Waals surface area (Å²) < 4.78 is 27.7. The predicted molar refractivity (Wildman–Crippen MR) is 103 cm³/mol. The van der Waals surface area contributed by atoms with Crippen LogP contribution in [0.25, 0.3) is 0 Å². The van der Waals surface area contributed by atoms with E-state index >= 15 is 0 Å². The second-order valence-corrected chi connectivity index (χ2v) is 11.3. The van der Waals surface area contributed by atoms with Gasteiger partial charge >= 0.3 is 0 Å². The van der Waals surface area contributed by atoms with Crippen LogP contribution < -0.4 is 0 Å². The van der Waals surface area contributed by atoms with E-state index in [9.17, 15) is 8.42 Å². The molecule has 1 aromatic carbocycles. The zero-order valence-corrected chi connectivity index (χ0v) is 17.0. The summed E-state index contributed by atoms with van der Waals surface area (Å²) in [5, 5.41) is 9.28.